The zero-order valence-electron chi connectivity index (χ0n) is 25.5. The van der Waals surface area contributed by atoms with E-state index >= 15 is 0 Å². The molecule has 0 aliphatic rings. The highest BCUT2D eigenvalue weighted by Gasteiger charge is 2.17. The third-order valence-electron chi connectivity index (χ3n) is 6.19. The summed E-state index contributed by atoms with van der Waals surface area (Å²) in [6, 6.07) is 10.3. The topological polar surface area (TPSA) is 116 Å². The quantitative estimate of drug-likeness (QED) is 0.151. The van der Waals surface area contributed by atoms with Crippen LogP contribution in [-0.2, 0) is 18.9 Å². The maximum absolute atomic E-state index is 9.47. The lowest BCUT2D eigenvalue weighted by atomic mass is 10.1. The summed E-state index contributed by atoms with van der Waals surface area (Å²) in [7, 11) is 4.04. The number of hydrogen-bond acceptors (Lipinski definition) is 11. The van der Waals surface area contributed by atoms with Crippen molar-refractivity contribution in [3.8, 4) is 12.1 Å². The number of nitriles is 2. The zero-order valence-corrected chi connectivity index (χ0v) is 26.3. The average molecular weight is 585 g/mol. The van der Waals surface area contributed by atoms with Gasteiger partial charge in [-0.05, 0) is 78.0 Å². The Labute approximate surface area is 249 Å². The highest BCUT2D eigenvalue weighted by Crippen LogP contribution is 2.36. The van der Waals surface area contributed by atoms with Gasteiger partial charge < -0.3 is 28.7 Å². The van der Waals surface area contributed by atoms with Gasteiger partial charge in [-0.1, -0.05) is 0 Å². The summed E-state index contributed by atoms with van der Waals surface area (Å²) in [4.78, 5) is 4.81. The molecule has 2 aromatic rings. The lowest BCUT2D eigenvalue weighted by molar-refractivity contribution is -0.0520. The molecule has 1 atom stereocenters. The minimum atomic E-state index is -0.127. The van der Waals surface area contributed by atoms with E-state index in [1.807, 2.05) is 47.0 Å². The van der Waals surface area contributed by atoms with Gasteiger partial charge in [-0.3, -0.25) is 0 Å². The molecule has 0 bridgehead atoms. The molecule has 0 N–H and O–H groups in total. The predicted molar refractivity (Wildman–Crippen MR) is 163 cm³/mol. The van der Waals surface area contributed by atoms with Crippen molar-refractivity contribution in [2.75, 3.05) is 78.3 Å². The molecule has 0 spiro atoms. The van der Waals surface area contributed by atoms with Crippen molar-refractivity contribution in [2.24, 2.45) is 10.2 Å². The summed E-state index contributed by atoms with van der Waals surface area (Å²) in [6.45, 7) is 15.5. The first-order valence-electron chi connectivity index (χ1n) is 13.9. The van der Waals surface area contributed by atoms with Gasteiger partial charge in [0.25, 0.3) is 0 Å². The second kappa shape index (κ2) is 18.5. The van der Waals surface area contributed by atoms with Crippen LogP contribution in [0.25, 0.3) is 0 Å². The summed E-state index contributed by atoms with van der Waals surface area (Å²) in [6.07, 6.45) is -0.0192. The number of likely N-dealkylation sites (N-methyl/N-ethyl adjacent to an activating group) is 2. The molecule has 0 aliphatic heterocycles. The molecular weight excluding hydrogens is 540 g/mol. The van der Waals surface area contributed by atoms with Crippen molar-refractivity contribution < 1.29 is 18.9 Å². The van der Waals surface area contributed by atoms with Crippen LogP contribution in [-0.4, -0.2) is 90.5 Å². The van der Waals surface area contributed by atoms with Crippen LogP contribution >= 0.6 is 11.3 Å². The number of thiophene rings is 1. The molecule has 1 heterocycles. The van der Waals surface area contributed by atoms with Crippen LogP contribution in [0.4, 0.5) is 16.4 Å². The smallest absolute Gasteiger partial charge is 0.158 e. The van der Waals surface area contributed by atoms with Crippen LogP contribution in [0.1, 0.15) is 42.3 Å². The molecule has 0 amide bonds. The van der Waals surface area contributed by atoms with E-state index in [1.54, 1.807) is 6.92 Å². The van der Waals surface area contributed by atoms with Gasteiger partial charge in [0.1, 0.15) is 17.0 Å². The average Bonchev–Trinajstić information content (AvgIpc) is 3.26. The molecule has 11 heteroatoms. The number of benzene rings is 1. The molecule has 1 unspecified atom stereocenters. The van der Waals surface area contributed by atoms with Crippen molar-refractivity contribution in [1.29, 1.82) is 10.5 Å². The van der Waals surface area contributed by atoms with E-state index in [2.05, 4.69) is 45.2 Å². The lowest BCUT2D eigenvalue weighted by Crippen LogP contribution is -2.38. The van der Waals surface area contributed by atoms with Crippen LogP contribution in [0.3, 0.4) is 0 Å². The largest absolute Gasteiger partial charge is 0.378 e. The minimum Gasteiger partial charge on any atom is -0.378 e. The Hall–Kier alpha value is -2.90. The second-order valence-corrected chi connectivity index (χ2v) is 11.1. The summed E-state index contributed by atoms with van der Waals surface area (Å²) in [5.74, 6) is 0. The van der Waals surface area contributed by atoms with Crippen molar-refractivity contribution in [2.45, 2.75) is 46.8 Å². The standard InChI is InChI=1S/C30H44N6O4S/c1-8-36(20-26(21-40-22(2)3)39-16-15-38-14-13-37-12-11-35(6)7)25-9-10-28(23(4)17-25)33-34-30-27(18-31)24(5)29(19-32)41-30/h9-10,17,22,26H,8,11-16,20-21H2,1-7H3. The third kappa shape index (κ3) is 11.9. The summed E-state index contributed by atoms with van der Waals surface area (Å²) in [5, 5.41) is 27.9. The Kier molecular flexibility index (Phi) is 15.5. The van der Waals surface area contributed by atoms with E-state index in [4.69, 9.17) is 18.9 Å². The van der Waals surface area contributed by atoms with Gasteiger partial charge >= 0.3 is 0 Å². The van der Waals surface area contributed by atoms with E-state index in [-0.39, 0.29) is 12.2 Å². The SMILES string of the molecule is CCN(CC(COC(C)C)OCCOCCOCCN(C)C)c1ccc(N=Nc2sc(C#N)c(C)c2C#N)c(C)c1. The number of anilines is 1. The minimum absolute atomic E-state index is 0.108. The van der Waals surface area contributed by atoms with Gasteiger partial charge in [-0.2, -0.15) is 10.5 Å². The van der Waals surface area contributed by atoms with E-state index < -0.39 is 0 Å². The molecule has 10 nitrogen and oxygen atoms in total. The number of rotatable bonds is 19. The van der Waals surface area contributed by atoms with Crippen LogP contribution < -0.4 is 4.90 Å². The van der Waals surface area contributed by atoms with E-state index in [0.29, 0.717) is 72.9 Å². The van der Waals surface area contributed by atoms with Crippen molar-refractivity contribution in [3.05, 3.63) is 39.8 Å². The molecular formula is C30H44N6O4S. The Bertz CT molecular complexity index is 1180. The van der Waals surface area contributed by atoms with E-state index in [1.165, 1.54) is 11.3 Å². The molecule has 0 aliphatic carbocycles. The Morgan fingerprint density at radius 2 is 1.66 bits per heavy atom. The maximum Gasteiger partial charge on any atom is 0.158 e. The molecule has 0 fully saturated rings. The van der Waals surface area contributed by atoms with Gasteiger partial charge in [-0.15, -0.1) is 21.6 Å². The number of nitrogens with zero attached hydrogens (tertiary/aromatic N) is 6. The summed E-state index contributed by atoms with van der Waals surface area (Å²) in [5.41, 5.74) is 3.75. The lowest BCUT2D eigenvalue weighted by Gasteiger charge is -2.29. The van der Waals surface area contributed by atoms with E-state index in [9.17, 15) is 10.5 Å². The Balaban J connectivity index is 1.98. The molecule has 41 heavy (non-hydrogen) atoms. The number of hydrogen-bond donors (Lipinski definition) is 0. The Morgan fingerprint density at radius 1 is 0.951 bits per heavy atom. The van der Waals surface area contributed by atoms with Crippen LogP contribution in [0, 0.1) is 36.5 Å². The van der Waals surface area contributed by atoms with Crippen LogP contribution in [0.2, 0.25) is 0 Å². The third-order valence-corrected chi connectivity index (χ3v) is 7.27. The molecule has 0 radical (unpaired) electrons. The van der Waals surface area contributed by atoms with Crippen LogP contribution in [0.15, 0.2) is 28.4 Å². The fraction of sp³-hybridized carbons (Fsp3) is 0.600. The normalized spacial score (nSPS) is 12.3. The summed E-state index contributed by atoms with van der Waals surface area (Å²) < 4.78 is 23.3. The first-order valence-corrected chi connectivity index (χ1v) is 14.8. The molecule has 0 saturated carbocycles. The first-order chi connectivity index (χ1) is 19.7. The Morgan fingerprint density at radius 3 is 2.27 bits per heavy atom. The molecule has 2 rings (SSSR count). The highest BCUT2D eigenvalue weighted by atomic mass is 32.1. The number of ether oxygens (including phenoxy) is 4. The van der Waals surface area contributed by atoms with Gasteiger partial charge in [0.2, 0.25) is 0 Å². The fourth-order valence-electron chi connectivity index (χ4n) is 3.81. The van der Waals surface area contributed by atoms with Crippen molar-refractivity contribution >= 4 is 27.7 Å². The second-order valence-electron chi connectivity index (χ2n) is 10.1. The fourth-order valence-corrected chi connectivity index (χ4v) is 4.69. The van der Waals surface area contributed by atoms with Crippen molar-refractivity contribution in [1.82, 2.24) is 4.90 Å². The zero-order chi connectivity index (χ0) is 30.2. The highest BCUT2D eigenvalue weighted by molar-refractivity contribution is 7.16. The maximum atomic E-state index is 9.47. The summed E-state index contributed by atoms with van der Waals surface area (Å²) >= 11 is 1.18. The van der Waals surface area contributed by atoms with Gasteiger partial charge in [0, 0.05) is 25.3 Å². The number of aryl methyl sites for hydroxylation is 1. The molecule has 224 valence electrons. The number of azo groups is 1. The van der Waals surface area contributed by atoms with Crippen LogP contribution in [0.5, 0.6) is 0 Å². The van der Waals surface area contributed by atoms with Gasteiger partial charge in [0.15, 0.2) is 5.00 Å². The molecule has 1 aromatic carbocycles. The first kappa shape index (κ1) is 34.3. The molecule has 1 aromatic heterocycles. The molecule has 0 saturated heterocycles. The van der Waals surface area contributed by atoms with E-state index in [0.717, 1.165) is 24.3 Å². The van der Waals surface area contributed by atoms with Crippen molar-refractivity contribution in [3.63, 3.8) is 0 Å². The van der Waals surface area contributed by atoms with Gasteiger partial charge in [-0.25, -0.2) is 0 Å². The predicted octanol–water partition coefficient (Wildman–Crippen LogP) is 5.76. The monoisotopic (exact) mass is 584 g/mol. The van der Waals surface area contributed by atoms with Gasteiger partial charge in [0.05, 0.1) is 63.1 Å².